The molecule has 0 aliphatic carbocycles. The van der Waals surface area contributed by atoms with E-state index in [0.29, 0.717) is 0 Å². The van der Waals surface area contributed by atoms with Crippen molar-refractivity contribution in [3.05, 3.63) is 29.8 Å². The second-order valence-electron chi connectivity index (χ2n) is 5.08. The Labute approximate surface area is 129 Å². The van der Waals surface area contributed by atoms with Crippen molar-refractivity contribution in [3.8, 4) is 0 Å². The highest BCUT2D eigenvalue weighted by molar-refractivity contribution is 5.39. The fraction of sp³-hybridized carbons (Fsp3) is 0.647. The van der Waals surface area contributed by atoms with Crippen molar-refractivity contribution in [3.63, 3.8) is 0 Å². The Kier molecular flexibility index (Phi) is 9.87. The molecule has 1 aromatic carbocycles. The van der Waals surface area contributed by atoms with Gasteiger partial charge in [-0.1, -0.05) is 12.1 Å². The molecule has 4 heteroatoms. The lowest BCUT2D eigenvalue weighted by molar-refractivity contribution is 0.0824. The third-order valence-electron chi connectivity index (χ3n) is 3.43. The predicted molar refractivity (Wildman–Crippen MR) is 88.6 cm³/mol. The van der Waals surface area contributed by atoms with Crippen molar-refractivity contribution in [2.45, 2.75) is 26.7 Å². The van der Waals surface area contributed by atoms with Crippen LogP contribution in [0.1, 0.15) is 25.8 Å². The van der Waals surface area contributed by atoms with Gasteiger partial charge in [-0.2, -0.15) is 0 Å². The van der Waals surface area contributed by atoms with Gasteiger partial charge in [-0.3, -0.25) is 4.90 Å². The smallest absolute Gasteiger partial charge is 0.0593 e. The second kappa shape index (κ2) is 11.5. The van der Waals surface area contributed by atoms with Gasteiger partial charge < -0.3 is 15.2 Å². The molecule has 120 valence electrons. The van der Waals surface area contributed by atoms with Crippen LogP contribution in [0.15, 0.2) is 24.3 Å². The SMILES string of the molecule is CCOCCN(CCCc1ccc(N)cc1)CCOCC. The Morgan fingerprint density at radius 3 is 2.00 bits per heavy atom. The van der Waals surface area contributed by atoms with E-state index in [4.69, 9.17) is 15.2 Å². The molecule has 0 aliphatic rings. The molecular formula is C17H30N2O2. The lowest BCUT2D eigenvalue weighted by Gasteiger charge is -2.22. The monoisotopic (exact) mass is 294 g/mol. The summed E-state index contributed by atoms with van der Waals surface area (Å²) in [5.74, 6) is 0. The van der Waals surface area contributed by atoms with Gasteiger partial charge in [0.2, 0.25) is 0 Å². The number of ether oxygens (including phenoxy) is 2. The summed E-state index contributed by atoms with van der Waals surface area (Å²) >= 11 is 0. The van der Waals surface area contributed by atoms with Crippen LogP contribution in [0.3, 0.4) is 0 Å². The molecule has 0 aromatic heterocycles. The zero-order chi connectivity index (χ0) is 15.3. The zero-order valence-electron chi connectivity index (χ0n) is 13.5. The summed E-state index contributed by atoms with van der Waals surface area (Å²) in [7, 11) is 0. The van der Waals surface area contributed by atoms with Crippen LogP contribution in [0.5, 0.6) is 0 Å². The van der Waals surface area contributed by atoms with Crippen LogP contribution in [0.4, 0.5) is 5.69 Å². The first-order chi connectivity index (χ1) is 10.3. The number of nitrogens with zero attached hydrogens (tertiary/aromatic N) is 1. The highest BCUT2D eigenvalue weighted by Crippen LogP contribution is 2.08. The molecule has 0 radical (unpaired) electrons. The first kappa shape index (κ1) is 18.0. The zero-order valence-corrected chi connectivity index (χ0v) is 13.5. The van der Waals surface area contributed by atoms with Gasteiger partial charge in [0.05, 0.1) is 13.2 Å². The van der Waals surface area contributed by atoms with Gasteiger partial charge >= 0.3 is 0 Å². The van der Waals surface area contributed by atoms with Gasteiger partial charge in [0.15, 0.2) is 0 Å². The van der Waals surface area contributed by atoms with E-state index in [1.54, 1.807) is 0 Å². The normalized spacial score (nSPS) is 11.2. The lowest BCUT2D eigenvalue weighted by Crippen LogP contribution is -2.32. The van der Waals surface area contributed by atoms with Crippen molar-refractivity contribution < 1.29 is 9.47 Å². The number of hydrogen-bond donors (Lipinski definition) is 1. The number of hydrogen-bond acceptors (Lipinski definition) is 4. The van der Waals surface area contributed by atoms with E-state index in [1.807, 2.05) is 26.0 Å². The largest absolute Gasteiger partial charge is 0.399 e. The third kappa shape index (κ3) is 8.71. The summed E-state index contributed by atoms with van der Waals surface area (Å²) in [6.45, 7) is 10.2. The van der Waals surface area contributed by atoms with Crippen molar-refractivity contribution in [2.75, 3.05) is 51.8 Å². The molecule has 0 saturated heterocycles. The van der Waals surface area contributed by atoms with Gasteiger partial charge in [0, 0.05) is 32.0 Å². The van der Waals surface area contributed by atoms with E-state index < -0.39 is 0 Å². The van der Waals surface area contributed by atoms with Crippen LogP contribution in [0, 0.1) is 0 Å². The van der Waals surface area contributed by atoms with Crippen LogP contribution < -0.4 is 5.73 Å². The van der Waals surface area contributed by atoms with Crippen molar-refractivity contribution in [2.24, 2.45) is 0 Å². The molecule has 4 nitrogen and oxygen atoms in total. The average Bonchev–Trinajstić information content (AvgIpc) is 2.49. The van der Waals surface area contributed by atoms with Crippen LogP contribution in [0.25, 0.3) is 0 Å². The van der Waals surface area contributed by atoms with E-state index in [1.165, 1.54) is 5.56 Å². The minimum atomic E-state index is 0.782. The van der Waals surface area contributed by atoms with E-state index >= 15 is 0 Å². The minimum absolute atomic E-state index is 0.782. The second-order valence-corrected chi connectivity index (χ2v) is 5.08. The van der Waals surface area contributed by atoms with E-state index in [2.05, 4.69) is 17.0 Å². The molecule has 0 saturated carbocycles. The molecule has 1 rings (SSSR count). The van der Waals surface area contributed by atoms with E-state index in [9.17, 15) is 0 Å². The van der Waals surface area contributed by atoms with Crippen molar-refractivity contribution in [1.29, 1.82) is 0 Å². The molecule has 0 unspecified atom stereocenters. The summed E-state index contributed by atoms with van der Waals surface area (Å²) in [5, 5.41) is 0. The van der Waals surface area contributed by atoms with Gasteiger partial charge in [-0.15, -0.1) is 0 Å². The summed E-state index contributed by atoms with van der Waals surface area (Å²) in [4.78, 5) is 2.42. The van der Waals surface area contributed by atoms with E-state index in [0.717, 1.165) is 64.6 Å². The number of anilines is 1. The molecule has 1 aromatic rings. The molecule has 2 N–H and O–H groups in total. The van der Waals surface area contributed by atoms with Crippen molar-refractivity contribution in [1.82, 2.24) is 4.90 Å². The Morgan fingerprint density at radius 1 is 0.905 bits per heavy atom. The highest BCUT2D eigenvalue weighted by atomic mass is 16.5. The van der Waals surface area contributed by atoms with Crippen LogP contribution in [0.2, 0.25) is 0 Å². The molecular weight excluding hydrogens is 264 g/mol. The Morgan fingerprint density at radius 2 is 1.48 bits per heavy atom. The van der Waals surface area contributed by atoms with Crippen LogP contribution in [-0.4, -0.2) is 51.0 Å². The molecule has 0 heterocycles. The summed E-state index contributed by atoms with van der Waals surface area (Å²) in [6, 6.07) is 8.16. The van der Waals surface area contributed by atoms with Crippen LogP contribution in [-0.2, 0) is 15.9 Å². The minimum Gasteiger partial charge on any atom is -0.399 e. The number of rotatable bonds is 12. The fourth-order valence-corrected chi connectivity index (χ4v) is 2.20. The maximum absolute atomic E-state index is 5.70. The molecule has 0 fully saturated rings. The topological polar surface area (TPSA) is 47.7 Å². The quantitative estimate of drug-likeness (QED) is 0.475. The van der Waals surface area contributed by atoms with E-state index in [-0.39, 0.29) is 0 Å². The van der Waals surface area contributed by atoms with Gasteiger partial charge in [-0.25, -0.2) is 0 Å². The fourth-order valence-electron chi connectivity index (χ4n) is 2.20. The summed E-state index contributed by atoms with van der Waals surface area (Å²) in [6.07, 6.45) is 2.22. The Balaban J connectivity index is 2.27. The maximum Gasteiger partial charge on any atom is 0.0593 e. The molecule has 0 atom stereocenters. The molecule has 0 aliphatic heterocycles. The number of nitrogens with two attached hydrogens (primary N) is 1. The van der Waals surface area contributed by atoms with Crippen LogP contribution >= 0.6 is 0 Å². The van der Waals surface area contributed by atoms with Crippen molar-refractivity contribution >= 4 is 5.69 Å². The molecule has 0 amide bonds. The average molecular weight is 294 g/mol. The molecule has 0 spiro atoms. The van der Waals surface area contributed by atoms with Gasteiger partial charge in [0.25, 0.3) is 0 Å². The standard InChI is InChI=1S/C17H30N2O2/c1-3-20-14-12-19(13-15-21-4-2)11-5-6-16-7-9-17(18)10-8-16/h7-10H,3-6,11-15,18H2,1-2H3. The maximum atomic E-state index is 5.70. The molecule has 0 bridgehead atoms. The third-order valence-corrected chi connectivity index (χ3v) is 3.43. The summed E-state index contributed by atoms with van der Waals surface area (Å²) in [5.41, 5.74) is 7.88. The highest BCUT2D eigenvalue weighted by Gasteiger charge is 2.05. The predicted octanol–water partition coefficient (Wildman–Crippen LogP) is 2.58. The first-order valence-electron chi connectivity index (χ1n) is 7.98. The molecule has 21 heavy (non-hydrogen) atoms. The van der Waals surface area contributed by atoms with Gasteiger partial charge in [0.1, 0.15) is 0 Å². The summed E-state index contributed by atoms with van der Waals surface area (Å²) < 4.78 is 10.9. The van der Waals surface area contributed by atoms with Gasteiger partial charge in [-0.05, 0) is 50.9 Å². The Bertz CT molecular complexity index is 344. The number of benzene rings is 1. The Hall–Kier alpha value is -1.10. The number of nitrogen functional groups attached to an aromatic ring is 1. The lowest BCUT2D eigenvalue weighted by atomic mass is 10.1. The first-order valence-corrected chi connectivity index (χ1v) is 7.98. The number of aryl methyl sites for hydroxylation is 1.